The van der Waals surface area contributed by atoms with Crippen LogP contribution in [0.25, 0.3) is 0 Å². The number of phenolic OH excluding ortho intramolecular Hbond substituents is 4. The van der Waals surface area contributed by atoms with Crippen LogP contribution in [-0.2, 0) is 17.9 Å². The van der Waals surface area contributed by atoms with E-state index in [1.807, 2.05) is 0 Å². The Kier molecular flexibility index (Phi) is 24.3. The molecule has 0 aliphatic rings. The number of isocyanates is 1. The van der Waals surface area contributed by atoms with Gasteiger partial charge < -0.3 is 36.8 Å². The first kappa shape index (κ1) is 37.9. The normalized spacial score (nSPS) is 9.41. The zero-order valence-corrected chi connectivity index (χ0v) is 24.7. The minimum Gasteiger partial charge on any atom is -0.504 e. The standard InChI is InChI=1S/C14H22N2O3.C7H9NO2.C7H13NO.BrH/c1-2-3-4-5-8-15-14(19)16-10-11-6-7-12(17)13(18)9-11;8-4-5-1-2-6(9)7(10)3-5;1-2-3-4-5-6-8-7-9;/h6-7,9,17-18H,2-5,8,10H2,1H3,(H2,15,16,19);1-3,9-10H,4,8H2;2-6H2,1H3;1H. The van der Waals surface area contributed by atoms with E-state index in [1.165, 1.54) is 62.4 Å². The van der Waals surface area contributed by atoms with Gasteiger partial charge in [-0.3, -0.25) is 0 Å². The highest BCUT2D eigenvalue weighted by molar-refractivity contribution is 8.93. The first-order valence-corrected chi connectivity index (χ1v) is 13.1. The van der Waals surface area contributed by atoms with Gasteiger partial charge >= 0.3 is 6.03 Å². The number of amides is 2. The molecule has 0 aliphatic carbocycles. The third-order valence-corrected chi connectivity index (χ3v) is 5.27. The summed E-state index contributed by atoms with van der Waals surface area (Å²) in [6.07, 6.45) is 10.7. The minimum atomic E-state index is -0.218. The molecular formula is C28H45BrN4O6. The number of aromatic hydroxyl groups is 4. The van der Waals surface area contributed by atoms with Crippen molar-refractivity contribution < 1.29 is 30.0 Å². The highest BCUT2D eigenvalue weighted by Crippen LogP contribution is 2.25. The van der Waals surface area contributed by atoms with Crippen molar-refractivity contribution in [2.45, 2.75) is 78.3 Å². The Balaban J connectivity index is 0. The number of nitrogens with two attached hydrogens (primary N) is 1. The quantitative estimate of drug-likeness (QED) is 0.0673. The smallest absolute Gasteiger partial charge is 0.315 e. The van der Waals surface area contributed by atoms with Crippen LogP contribution in [0.3, 0.4) is 0 Å². The Morgan fingerprint density at radius 3 is 1.85 bits per heavy atom. The van der Waals surface area contributed by atoms with Gasteiger partial charge in [0.15, 0.2) is 23.0 Å². The van der Waals surface area contributed by atoms with Crippen molar-refractivity contribution in [2.75, 3.05) is 13.1 Å². The number of nitrogens with zero attached hydrogens (tertiary/aromatic N) is 1. The summed E-state index contributed by atoms with van der Waals surface area (Å²) in [5.74, 6) is -0.580. The summed E-state index contributed by atoms with van der Waals surface area (Å²) < 4.78 is 0. The first-order chi connectivity index (χ1) is 18.3. The van der Waals surface area contributed by atoms with Gasteiger partial charge in [0, 0.05) is 19.6 Å². The Hall–Kier alpha value is -3.27. The van der Waals surface area contributed by atoms with Crippen molar-refractivity contribution in [2.24, 2.45) is 10.7 Å². The van der Waals surface area contributed by atoms with E-state index < -0.39 is 0 Å². The van der Waals surface area contributed by atoms with E-state index in [0.29, 0.717) is 26.2 Å². The van der Waals surface area contributed by atoms with E-state index in [0.717, 1.165) is 30.4 Å². The number of carbonyl (C=O) groups excluding carboxylic acids is 2. The van der Waals surface area contributed by atoms with Gasteiger partial charge in [-0.1, -0.05) is 64.5 Å². The molecule has 2 rings (SSSR count). The topological polar surface area (TPSA) is 178 Å². The Morgan fingerprint density at radius 2 is 1.33 bits per heavy atom. The number of nitrogens with one attached hydrogen (secondary N) is 2. The molecule has 0 aliphatic heterocycles. The number of hydrogen-bond acceptors (Lipinski definition) is 8. The molecule has 0 radical (unpaired) electrons. The minimum absolute atomic E-state index is 0. The summed E-state index contributed by atoms with van der Waals surface area (Å²) >= 11 is 0. The van der Waals surface area contributed by atoms with Crippen LogP contribution in [0, 0.1) is 0 Å². The predicted molar refractivity (Wildman–Crippen MR) is 159 cm³/mol. The maximum Gasteiger partial charge on any atom is 0.315 e. The summed E-state index contributed by atoms with van der Waals surface area (Å²) in [5, 5.41) is 41.7. The molecule has 2 aromatic carbocycles. The lowest BCUT2D eigenvalue weighted by Gasteiger charge is -2.08. The third kappa shape index (κ3) is 20.4. The molecule has 0 heterocycles. The predicted octanol–water partition coefficient (Wildman–Crippen LogP) is 5.51. The largest absolute Gasteiger partial charge is 0.504 e. The summed E-state index contributed by atoms with van der Waals surface area (Å²) in [7, 11) is 0. The Bertz CT molecular complexity index is 971. The molecule has 0 atom stereocenters. The second-order valence-corrected chi connectivity index (χ2v) is 8.55. The van der Waals surface area contributed by atoms with Gasteiger partial charge in [-0.15, -0.1) is 17.0 Å². The van der Waals surface area contributed by atoms with Gasteiger partial charge in [-0.05, 0) is 48.2 Å². The number of carbonyl (C=O) groups is 1. The summed E-state index contributed by atoms with van der Waals surface area (Å²) in [6.45, 7) is 6.31. The van der Waals surface area contributed by atoms with Gasteiger partial charge in [0.25, 0.3) is 0 Å². The first-order valence-electron chi connectivity index (χ1n) is 13.1. The van der Waals surface area contributed by atoms with Gasteiger partial charge in [0.05, 0.1) is 6.54 Å². The average molecular weight is 614 g/mol. The van der Waals surface area contributed by atoms with Crippen molar-refractivity contribution in [3.63, 3.8) is 0 Å². The van der Waals surface area contributed by atoms with Crippen LogP contribution in [0.2, 0.25) is 0 Å². The van der Waals surface area contributed by atoms with E-state index >= 15 is 0 Å². The summed E-state index contributed by atoms with van der Waals surface area (Å²) in [4.78, 5) is 24.5. The fourth-order valence-electron chi connectivity index (χ4n) is 3.04. The maximum atomic E-state index is 11.5. The van der Waals surface area contributed by atoms with Gasteiger partial charge in [0.2, 0.25) is 6.08 Å². The number of benzene rings is 2. The molecule has 2 aromatic rings. The molecule has 0 unspecified atom stereocenters. The number of halogens is 1. The fourth-order valence-corrected chi connectivity index (χ4v) is 3.04. The molecule has 2 amide bonds. The lowest BCUT2D eigenvalue weighted by molar-refractivity contribution is 0.240. The molecule has 8 N–H and O–H groups in total. The molecule has 0 bridgehead atoms. The average Bonchev–Trinajstić information content (AvgIpc) is 2.91. The van der Waals surface area contributed by atoms with Gasteiger partial charge in [0.1, 0.15) is 0 Å². The molecule has 0 aromatic heterocycles. The van der Waals surface area contributed by atoms with Crippen molar-refractivity contribution in [1.29, 1.82) is 0 Å². The van der Waals surface area contributed by atoms with E-state index in [4.69, 9.17) is 21.1 Å². The Labute approximate surface area is 242 Å². The number of hydrogen-bond donors (Lipinski definition) is 7. The number of aliphatic imine (C=N–C) groups is 1. The SMILES string of the molecule is Br.CCCCCCN=C=O.CCCCCCNC(=O)NCc1ccc(O)c(O)c1.NCc1ccc(O)c(O)c1. The monoisotopic (exact) mass is 612 g/mol. The van der Waals surface area contributed by atoms with Crippen LogP contribution in [0.4, 0.5) is 4.79 Å². The second kappa shape index (κ2) is 25.0. The van der Waals surface area contributed by atoms with Crippen molar-refractivity contribution >= 4 is 29.1 Å². The van der Waals surface area contributed by atoms with E-state index in [1.54, 1.807) is 12.1 Å². The molecule has 39 heavy (non-hydrogen) atoms. The van der Waals surface area contributed by atoms with Crippen molar-refractivity contribution in [1.82, 2.24) is 10.6 Å². The molecule has 0 fully saturated rings. The maximum absolute atomic E-state index is 11.5. The summed E-state index contributed by atoms with van der Waals surface area (Å²) in [5.41, 5.74) is 6.81. The highest BCUT2D eigenvalue weighted by Gasteiger charge is 2.03. The third-order valence-electron chi connectivity index (χ3n) is 5.27. The fraction of sp³-hybridized carbons (Fsp3) is 0.500. The lowest BCUT2D eigenvalue weighted by atomic mass is 10.2. The van der Waals surface area contributed by atoms with Crippen LogP contribution in [0.1, 0.15) is 76.3 Å². The zero-order valence-electron chi connectivity index (χ0n) is 23.0. The van der Waals surface area contributed by atoms with Crippen LogP contribution >= 0.6 is 17.0 Å². The van der Waals surface area contributed by atoms with Crippen LogP contribution in [0.5, 0.6) is 23.0 Å². The van der Waals surface area contributed by atoms with Gasteiger partial charge in [-0.2, -0.15) is 0 Å². The molecule has 0 saturated heterocycles. The summed E-state index contributed by atoms with van der Waals surface area (Å²) in [6, 6.07) is 8.77. The highest BCUT2D eigenvalue weighted by atomic mass is 79.9. The van der Waals surface area contributed by atoms with E-state index in [2.05, 4.69) is 29.5 Å². The number of phenols is 4. The second-order valence-electron chi connectivity index (χ2n) is 8.55. The molecule has 0 spiro atoms. The van der Waals surface area contributed by atoms with Crippen LogP contribution < -0.4 is 16.4 Å². The Morgan fingerprint density at radius 1 is 0.795 bits per heavy atom. The molecule has 220 valence electrons. The zero-order chi connectivity index (χ0) is 28.6. The van der Waals surface area contributed by atoms with Crippen LogP contribution in [-0.4, -0.2) is 45.6 Å². The van der Waals surface area contributed by atoms with Gasteiger partial charge in [-0.25, -0.2) is 14.6 Å². The molecular weight excluding hydrogens is 568 g/mol. The number of rotatable bonds is 13. The number of unbranched alkanes of at least 4 members (excludes halogenated alkanes) is 6. The van der Waals surface area contributed by atoms with E-state index in [9.17, 15) is 14.7 Å². The number of urea groups is 1. The van der Waals surface area contributed by atoms with Crippen molar-refractivity contribution in [3.05, 3.63) is 47.5 Å². The van der Waals surface area contributed by atoms with Crippen LogP contribution in [0.15, 0.2) is 41.4 Å². The van der Waals surface area contributed by atoms with Crippen molar-refractivity contribution in [3.8, 4) is 23.0 Å². The molecule has 0 saturated carbocycles. The lowest BCUT2D eigenvalue weighted by Crippen LogP contribution is -2.35. The molecule has 10 nitrogen and oxygen atoms in total. The van der Waals surface area contributed by atoms with E-state index in [-0.39, 0.29) is 46.0 Å². The molecule has 11 heteroatoms.